The van der Waals surface area contributed by atoms with Gasteiger partial charge in [0, 0.05) is 44.1 Å². The number of imide groups is 2. The van der Waals surface area contributed by atoms with Gasteiger partial charge in [0.05, 0.1) is 34.7 Å². The summed E-state index contributed by atoms with van der Waals surface area (Å²) in [4.78, 5) is 67.6. The second-order valence-electron chi connectivity index (χ2n) is 18.7. The van der Waals surface area contributed by atoms with Crippen LogP contribution in [0.25, 0.3) is 0 Å². The zero-order valence-corrected chi connectivity index (χ0v) is 38.0. The van der Waals surface area contributed by atoms with Crippen LogP contribution in [0.2, 0.25) is 0 Å². The molecule has 66 heavy (non-hydrogen) atoms. The van der Waals surface area contributed by atoms with Crippen LogP contribution in [0.1, 0.15) is 116 Å². The lowest BCUT2D eigenvalue weighted by atomic mass is 9.75. The first-order valence-electron chi connectivity index (χ1n) is 22.7. The maximum absolute atomic E-state index is 13.5. The van der Waals surface area contributed by atoms with Crippen LogP contribution in [0.15, 0.2) is 72.9 Å². The summed E-state index contributed by atoms with van der Waals surface area (Å²) in [6.45, 7) is 12.3. The Labute approximate surface area is 383 Å². The van der Waals surface area contributed by atoms with Gasteiger partial charge in [0.25, 0.3) is 11.8 Å². The lowest BCUT2D eigenvalue weighted by Gasteiger charge is -2.50. The standard InChI is InChI=1S/C51H55N7O8/c1-29-15-30(2)18-34(17-29)27-65-43-21-36-11-14-57-33(5)23-51(64,25-42(57)39(36)22-44(43)66-28-35-19-31(3)16-32(4)20-35)24-37-26-56(55-54-37)13-12-46(60)52-40-8-6-7-38-47(40)50(63)58(49(38)62)41-9-10-45(59)53-48(41)61/h6-8,15-22,26,33,41-42,64H,9-14,23-25,27-28H2,1-5H3,(H,52,60)(H,53,59,61). The van der Waals surface area contributed by atoms with E-state index in [9.17, 15) is 29.1 Å². The highest BCUT2D eigenvalue weighted by Gasteiger charge is 2.47. The van der Waals surface area contributed by atoms with E-state index in [-0.39, 0.29) is 61.1 Å². The Morgan fingerprint density at radius 2 is 1.52 bits per heavy atom. The number of hydrogen-bond donors (Lipinski definition) is 3. The number of rotatable bonds is 13. The molecule has 15 nitrogen and oxygen atoms in total. The molecule has 5 aromatic rings. The Balaban J connectivity index is 0.875. The molecule has 4 atom stereocenters. The molecule has 5 heterocycles. The summed E-state index contributed by atoms with van der Waals surface area (Å²) in [6.07, 6.45) is 3.89. The fourth-order valence-electron chi connectivity index (χ4n) is 10.5. The summed E-state index contributed by atoms with van der Waals surface area (Å²) >= 11 is 0. The number of ether oxygens (including phenoxy) is 2. The number of aryl methyl sites for hydroxylation is 5. The van der Waals surface area contributed by atoms with E-state index in [2.05, 4.69) is 109 Å². The molecule has 2 saturated heterocycles. The van der Waals surface area contributed by atoms with Gasteiger partial charge in [0.2, 0.25) is 17.7 Å². The highest BCUT2D eigenvalue weighted by Crippen LogP contribution is 2.47. The van der Waals surface area contributed by atoms with Crippen molar-refractivity contribution >= 4 is 35.2 Å². The topological polar surface area (TPSA) is 185 Å². The zero-order chi connectivity index (χ0) is 46.4. The summed E-state index contributed by atoms with van der Waals surface area (Å²) in [5, 5.41) is 26.0. The van der Waals surface area contributed by atoms with Crippen LogP contribution in [0.5, 0.6) is 11.5 Å². The van der Waals surface area contributed by atoms with Crippen LogP contribution in [-0.4, -0.2) is 83.7 Å². The van der Waals surface area contributed by atoms with Crippen molar-refractivity contribution in [1.29, 1.82) is 0 Å². The average Bonchev–Trinajstić information content (AvgIpc) is 3.80. The quantitative estimate of drug-likeness (QED) is 0.115. The maximum atomic E-state index is 13.5. The lowest BCUT2D eigenvalue weighted by molar-refractivity contribution is -0.136. The molecule has 3 N–H and O–H groups in total. The number of piperidine rings is 2. The predicted octanol–water partition coefficient (Wildman–Crippen LogP) is 6.16. The molecule has 15 heteroatoms. The number of carbonyl (C=O) groups is 5. The predicted molar refractivity (Wildman–Crippen MR) is 244 cm³/mol. The fourth-order valence-corrected chi connectivity index (χ4v) is 10.5. The third kappa shape index (κ3) is 9.22. The van der Waals surface area contributed by atoms with Crippen LogP contribution in [0, 0.1) is 27.7 Å². The number of amides is 5. The number of fused-ring (bicyclic) bond motifs is 4. The largest absolute Gasteiger partial charge is 0.485 e. The smallest absolute Gasteiger partial charge is 0.264 e. The number of aliphatic hydroxyl groups is 1. The zero-order valence-electron chi connectivity index (χ0n) is 38.0. The van der Waals surface area contributed by atoms with Gasteiger partial charge in [0.15, 0.2) is 11.5 Å². The molecular formula is C51H55N7O8. The molecule has 1 aromatic heterocycles. The van der Waals surface area contributed by atoms with E-state index in [1.807, 2.05) is 0 Å². The minimum atomic E-state index is -1.12. The third-order valence-corrected chi connectivity index (χ3v) is 13.2. The molecule has 9 rings (SSSR count). The van der Waals surface area contributed by atoms with Crippen molar-refractivity contribution in [3.05, 3.63) is 134 Å². The molecule has 0 bridgehead atoms. The molecule has 4 aliphatic rings. The molecule has 342 valence electrons. The molecule has 0 aliphatic carbocycles. The van der Waals surface area contributed by atoms with Crippen LogP contribution >= 0.6 is 0 Å². The molecule has 4 unspecified atom stereocenters. The van der Waals surface area contributed by atoms with Crippen LogP contribution < -0.4 is 20.1 Å². The van der Waals surface area contributed by atoms with Crippen LogP contribution in [0.3, 0.4) is 0 Å². The van der Waals surface area contributed by atoms with E-state index in [1.165, 1.54) is 39.9 Å². The summed E-state index contributed by atoms with van der Waals surface area (Å²) in [5.74, 6) is -1.60. The molecule has 0 radical (unpaired) electrons. The van der Waals surface area contributed by atoms with Crippen molar-refractivity contribution in [2.24, 2.45) is 0 Å². The maximum Gasteiger partial charge on any atom is 0.264 e. The van der Waals surface area contributed by atoms with Crippen LogP contribution in [-0.2, 0) is 47.0 Å². The second-order valence-corrected chi connectivity index (χ2v) is 18.7. The Morgan fingerprint density at radius 3 is 2.18 bits per heavy atom. The highest BCUT2D eigenvalue weighted by molar-refractivity contribution is 6.26. The molecular weight excluding hydrogens is 839 g/mol. The van der Waals surface area contributed by atoms with E-state index in [4.69, 9.17) is 9.47 Å². The van der Waals surface area contributed by atoms with Gasteiger partial charge in [-0.15, -0.1) is 5.10 Å². The second kappa shape index (κ2) is 17.9. The van der Waals surface area contributed by atoms with E-state index in [0.29, 0.717) is 43.2 Å². The summed E-state index contributed by atoms with van der Waals surface area (Å²) in [7, 11) is 0. The van der Waals surface area contributed by atoms with Crippen molar-refractivity contribution < 1.29 is 38.6 Å². The van der Waals surface area contributed by atoms with Gasteiger partial charge in [0.1, 0.15) is 19.3 Å². The first-order valence-corrected chi connectivity index (χ1v) is 22.7. The van der Waals surface area contributed by atoms with Gasteiger partial charge in [-0.1, -0.05) is 69.9 Å². The number of nitrogens with one attached hydrogen (secondary N) is 2. The Kier molecular flexibility index (Phi) is 12.1. The summed E-state index contributed by atoms with van der Waals surface area (Å²) in [6, 6.07) is 20.6. The summed E-state index contributed by atoms with van der Waals surface area (Å²) < 4.78 is 14.7. The number of nitrogens with zero attached hydrogens (tertiary/aromatic N) is 5. The van der Waals surface area contributed by atoms with E-state index in [1.54, 1.807) is 16.9 Å². The molecule has 4 aliphatic heterocycles. The lowest BCUT2D eigenvalue weighted by Crippen LogP contribution is -2.54. The van der Waals surface area contributed by atoms with Crippen molar-refractivity contribution in [3.63, 3.8) is 0 Å². The Morgan fingerprint density at radius 1 is 0.848 bits per heavy atom. The van der Waals surface area contributed by atoms with Crippen molar-refractivity contribution in [1.82, 2.24) is 30.1 Å². The van der Waals surface area contributed by atoms with Gasteiger partial charge in [-0.05, 0) is 107 Å². The van der Waals surface area contributed by atoms with Crippen molar-refractivity contribution in [2.45, 2.75) is 123 Å². The fraction of sp³-hybridized carbons (Fsp3) is 0.392. The van der Waals surface area contributed by atoms with Gasteiger partial charge in [-0.3, -0.25) is 43.8 Å². The molecule has 5 amide bonds. The normalized spacial score (nSPS) is 21.5. The Bertz CT molecular complexity index is 2740. The van der Waals surface area contributed by atoms with Crippen molar-refractivity contribution in [2.75, 3.05) is 11.9 Å². The summed E-state index contributed by atoms with van der Waals surface area (Å²) in [5.41, 5.74) is 8.92. The molecule has 0 spiro atoms. The van der Waals surface area contributed by atoms with Gasteiger partial charge in [-0.25, -0.2) is 0 Å². The average molecular weight is 894 g/mol. The SMILES string of the molecule is Cc1cc(C)cc(COc2cc3c(cc2OCc2cc(C)cc(C)c2)C2CC(O)(Cc4cn(CCC(=O)Nc5cccc6c5C(=O)N(C5CCC(=O)NC5=O)C6=O)nn4)CC(C)N2CC3)c1. The van der Waals surface area contributed by atoms with E-state index in [0.717, 1.165) is 34.6 Å². The Hall–Kier alpha value is -6.71. The van der Waals surface area contributed by atoms with Gasteiger partial charge < -0.3 is 19.9 Å². The number of carbonyl (C=O) groups excluding carboxylic acids is 5. The monoisotopic (exact) mass is 893 g/mol. The van der Waals surface area contributed by atoms with Crippen molar-refractivity contribution in [3.8, 4) is 11.5 Å². The number of benzene rings is 4. The highest BCUT2D eigenvalue weighted by atomic mass is 16.5. The minimum absolute atomic E-state index is 0.000684. The molecule has 0 saturated carbocycles. The van der Waals surface area contributed by atoms with Crippen LogP contribution in [0.4, 0.5) is 5.69 Å². The first kappa shape index (κ1) is 44.5. The van der Waals surface area contributed by atoms with E-state index < -0.39 is 41.2 Å². The van der Waals surface area contributed by atoms with E-state index >= 15 is 0 Å². The number of anilines is 1. The molecule has 4 aromatic carbocycles. The van der Waals surface area contributed by atoms with Gasteiger partial charge >= 0.3 is 0 Å². The first-order chi connectivity index (χ1) is 31.6. The van der Waals surface area contributed by atoms with Gasteiger partial charge in [-0.2, -0.15) is 0 Å². The third-order valence-electron chi connectivity index (χ3n) is 13.2. The minimum Gasteiger partial charge on any atom is -0.485 e. The number of hydrogen-bond acceptors (Lipinski definition) is 11. The number of aromatic nitrogens is 3. The molecule has 2 fully saturated rings.